The Kier molecular flexibility index (Phi) is 7.78. The summed E-state index contributed by atoms with van der Waals surface area (Å²) in [4.78, 5) is 24.8. The maximum absolute atomic E-state index is 12.7. The van der Waals surface area contributed by atoms with Gasteiger partial charge in [-0.15, -0.1) is 0 Å². The molecule has 28 heavy (non-hydrogen) atoms. The van der Waals surface area contributed by atoms with Crippen molar-refractivity contribution in [1.82, 2.24) is 14.9 Å². The Hall–Kier alpha value is -2.17. The maximum atomic E-state index is 12.7. The molecule has 0 unspecified atom stereocenters. The summed E-state index contributed by atoms with van der Waals surface area (Å²) < 4.78 is 31.9. The van der Waals surface area contributed by atoms with Crippen LogP contribution in [0.5, 0.6) is 5.75 Å². The van der Waals surface area contributed by atoms with Crippen LogP contribution in [0.15, 0.2) is 29.2 Å². The SMILES string of the molecule is COc1ccc(S(=O)(=O)N2CC[NH+](CC(=O)NC(=O)NCC(C)C)CC2)cc1. The molecule has 156 valence electrons. The lowest BCUT2D eigenvalue weighted by Crippen LogP contribution is -3.15. The summed E-state index contributed by atoms with van der Waals surface area (Å²) in [5, 5.41) is 4.93. The second-order valence-electron chi connectivity index (χ2n) is 7.16. The van der Waals surface area contributed by atoms with E-state index in [2.05, 4.69) is 10.6 Å². The van der Waals surface area contributed by atoms with Gasteiger partial charge in [0.2, 0.25) is 10.0 Å². The molecule has 0 radical (unpaired) electrons. The lowest BCUT2D eigenvalue weighted by molar-refractivity contribution is -0.895. The van der Waals surface area contributed by atoms with Crippen molar-refractivity contribution in [2.24, 2.45) is 5.92 Å². The number of hydrogen-bond donors (Lipinski definition) is 3. The van der Waals surface area contributed by atoms with Gasteiger partial charge in [-0.05, 0) is 30.2 Å². The number of amides is 3. The van der Waals surface area contributed by atoms with Gasteiger partial charge >= 0.3 is 6.03 Å². The van der Waals surface area contributed by atoms with Crippen LogP contribution in [0.2, 0.25) is 0 Å². The minimum atomic E-state index is -3.57. The zero-order valence-electron chi connectivity index (χ0n) is 16.5. The molecule has 0 atom stereocenters. The first-order valence-electron chi connectivity index (χ1n) is 9.28. The number of urea groups is 1. The predicted molar refractivity (Wildman–Crippen MR) is 104 cm³/mol. The van der Waals surface area contributed by atoms with Gasteiger partial charge in [0.05, 0.1) is 38.2 Å². The van der Waals surface area contributed by atoms with Crippen LogP contribution in [0.3, 0.4) is 0 Å². The van der Waals surface area contributed by atoms with E-state index in [9.17, 15) is 18.0 Å². The molecule has 1 heterocycles. The summed E-state index contributed by atoms with van der Waals surface area (Å²) >= 11 is 0. The van der Waals surface area contributed by atoms with Crippen molar-refractivity contribution in [2.75, 3.05) is 46.4 Å². The highest BCUT2D eigenvalue weighted by Gasteiger charge is 2.31. The fourth-order valence-corrected chi connectivity index (χ4v) is 4.30. The van der Waals surface area contributed by atoms with Crippen LogP contribution in [0.25, 0.3) is 0 Å². The molecule has 0 aromatic heterocycles. The van der Waals surface area contributed by atoms with Crippen molar-refractivity contribution in [3.8, 4) is 5.75 Å². The van der Waals surface area contributed by atoms with E-state index in [1.165, 1.54) is 23.5 Å². The number of sulfonamides is 1. The van der Waals surface area contributed by atoms with Gasteiger partial charge in [-0.3, -0.25) is 10.1 Å². The molecular formula is C18H29N4O5S+. The monoisotopic (exact) mass is 413 g/mol. The molecule has 3 amide bonds. The normalized spacial score (nSPS) is 16.0. The molecule has 1 aromatic carbocycles. The first-order chi connectivity index (χ1) is 13.2. The van der Waals surface area contributed by atoms with Gasteiger partial charge in [-0.2, -0.15) is 4.31 Å². The fourth-order valence-electron chi connectivity index (χ4n) is 2.86. The molecule has 0 aliphatic carbocycles. The Bertz CT molecular complexity index is 772. The zero-order chi connectivity index (χ0) is 20.7. The van der Waals surface area contributed by atoms with Crippen LogP contribution in [0.1, 0.15) is 13.8 Å². The third kappa shape index (κ3) is 6.18. The molecule has 1 aliphatic heterocycles. The van der Waals surface area contributed by atoms with Crippen molar-refractivity contribution in [2.45, 2.75) is 18.7 Å². The number of nitrogens with one attached hydrogen (secondary N) is 3. The highest BCUT2D eigenvalue weighted by atomic mass is 32.2. The standard InChI is InChI=1S/C18H28N4O5S/c1-14(2)12-19-18(24)20-17(23)13-21-8-10-22(11-9-21)28(25,26)16-6-4-15(27-3)5-7-16/h4-7,14H,8-13H2,1-3H3,(H2,19,20,23,24)/p+1. The van der Waals surface area contributed by atoms with Crippen molar-refractivity contribution in [1.29, 1.82) is 0 Å². The Balaban J connectivity index is 1.83. The number of methoxy groups -OCH3 is 1. The summed E-state index contributed by atoms with van der Waals surface area (Å²) in [5.41, 5.74) is 0. The molecule has 1 fully saturated rings. The third-order valence-electron chi connectivity index (χ3n) is 4.46. The number of rotatable bonds is 7. The molecule has 0 saturated carbocycles. The maximum Gasteiger partial charge on any atom is 0.321 e. The Morgan fingerprint density at radius 1 is 1.18 bits per heavy atom. The van der Waals surface area contributed by atoms with E-state index in [0.717, 1.165) is 4.90 Å². The van der Waals surface area contributed by atoms with E-state index < -0.39 is 16.1 Å². The molecule has 9 nitrogen and oxygen atoms in total. The average molecular weight is 414 g/mol. The Labute approximate surface area is 166 Å². The highest BCUT2D eigenvalue weighted by Crippen LogP contribution is 2.19. The largest absolute Gasteiger partial charge is 0.497 e. The van der Waals surface area contributed by atoms with Crippen LogP contribution in [-0.4, -0.2) is 71.0 Å². The second kappa shape index (κ2) is 9.85. The first kappa shape index (κ1) is 22.1. The van der Waals surface area contributed by atoms with Crippen molar-refractivity contribution in [3.05, 3.63) is 24.3 Å². The van der Waals surface area contributed by atoms with E-state index >= 15 is 0 Å². The quantitative estimate of drug-likeness (QED) is 0.535. The summed E-state index contributed by atoms with van der Waals surface area (Å²) in [6, 6.07) is 5.78. The summed E-state index contributed by atoms with van der Waals surface area (Å²) in [5.74, 6) is 0.520. The van der Waals surface area contributed by atoms with Crippen molar-refractivity contribution >= 4 is 22.0 Å². The van der Waals surface area contributed by atoms with E-state index in [0.29, 0.717) is 44.4 Å². The number of piperazine rings is 1. The van der Waals surface area contributed by atoms with Crippen LogP contribution in [-0.2, 0) is 14.8 Å². The Morgan fingerprint density at radius 3 is 2.32 bits per heavy atom. The van der Waals surface area contributed by atoms with Crippen molar-refractivity contribution < 1.29 is 27.6 Å². The lowest BCUT2D eigenvalue weighted by Gasteiger charge is -2.31. The number of hydrogen-bond acceptors (Lipinski definition) is 5. The zero-order valence-corrected chi connectivity index (χ0v) is 17.3. The van der Waals surface area contributed by atoms with Crippen molar-refractivity contribution in [3.63, 3.8) is 0 Å². The average Bonchev–Trinajstić information content (AvgIpc) is 2.66. The molecule has 1 saturated heterocycles. The minimum absolute atomic E-state index is 0.130. The number of ether oxygens (including phenoxy) is 1. The summed E-state index contributed by atoms with van der Waals surface area (Å²) in [6.07, 6.45) is 0. The lowest BCUT2D eigenvalue weighted by atomic mass is 10.2. The van der Waals surface area contributed by atoms with Gasteiger partial charge in [0.15, 0.2) is 6.54 Å². The number of benzene rings is 1. The number of imide groups is 1. The summed E-state index contributed by atoms with van der Waals surface area (Å²) in [7, 11) is -2.05. The smallest absolute Gasteiger partial charge is 0.321 e. The molecule has 1 aliphatic rings. The number of nitrogens with zero attached hydrogens (tertiary/aromatic N) is 1. The van der Waals surface area contributed by atoms with Crippen LogP contribution < -0.4 is 20.3 Å². The fraction of sp³-hybridized carbons (Fsp3) is 0.556. The molecule has 0 spiro atoms. The molecule has 0 bridgehead atoms. The number of quaternary nitrogens is 1. The number of carbonyl (C=O) groups excluding carboxylic acids is 2. The molecule has 10 heteroatoms. The Morgan fingerprint density at radius 2 is 1.79 bits per heavy atom. The van der Waals surface area contributed by atoms with E-state index in [4.69, 9.17) is 4.74 Å². The van der Waals surface area contributed by atoms with E-state index in [-0.39, 0.29) is 17.3 Å². The van der Waals surface area contributed by atoms with Gasteiger partial charge in [-0.25, -0.2) is 13.2 Å². The van der Waals surface area contributed by atoms with Crippen LogP contribution in [0, 0.1) is 5.92 Å². The van der Waals surface area contributed by atoms with Crippen LogP contribution >= 0.6 is 0 Å². The van der Waals surface area contributed by atoms with Gasteiger partial charge in [-0.1, -0.05) is 13.8 Å². The predicted octanol–water partition coefficient (Wildman–Crippen LogP) is -0.934. The van der Waals surface area contributed by atoms with E-state index in [1.807, 2.05) is 13.8 Å². The molecule has 2 rings (SSSR count). The minimum Gasteiger partial charge on any atom is -0.497 e. The van der Waals surface area contributed by atoms with Gasteiger partial charge in [0, 0.05) is 6.54 Å². The molecule has 1 aromatic rings. The van der Waals surface area contributed by atoms with Gasteiger partial charge in [0.25, 0.3) is 5.91 Å². The molecular weight excluding hydrogens is 384 g/mol. The molecule has 3 N–H and O–H groups in total. The summed E-state index contributed by atoms with van der Waals surface area (Å²) in [6.45, 7) is 6.18. The first-order valence-corrected chi connectivity index (χ1v) is 10.7. The van der Waals surface area contributed by atoms with Gasteiger partial charge in [0.1, 0.15) is 5.75 Å². The highest BCUT2D eigenvalue weighted by molar-refractivity contribution is 7.89. The third-order valence-corrected chi connectivity index (χ3v) is 6.37. The number of carbonyl (C=O) groups is 2. The van der Waals surface area contributed by atoms with Gasteiger partial charge < -0.3 is 15.0 Å². The topological polar surface area (TPSA) is 109 Å². The van der Waals surface area contributed by atoms with E-state index in [1.54, 1.807) is 12.1 Å². The van der Waals surface area contributed by atoms with Crippen LogP contribution in [0.4, 0.5) is 4.79 Å². The second-order valence-corrected chi connectivity index (χ2v) is 9.10.